The van der Waals surface area contributed by atoms with E-state index in [1.54, 1.807) is 0 Å². The van der Waals surface area contributed by atoms with Crippen LogP contribution in [0.15, 0.2) is 54.0 Å². The monoisotopic (exact) mass is 250 g/mol. The number of aliphatic imine (C=N–C) groups is 1. The van der Waals surface area contributed by atoms with Gasteiger partial charge in [-0.3, -0.25) is 4.99 Å². The Morgan fingerprint density at radius 1 is 1.11 bits per heavy atom. The Morgan fingerprint density at radius 3 is 2.58 bits per heavy atom. The predicted molar refractivity (Wildman–Crippen MR) is 84.5 cm³/mol. The molecule has 0 atom stereocenters. The molecule has 2 aromatic carbocycles. The summed E-state index contributed by atoms with van der Waals surface area (Å²) in [5, 5.41) is 3.13. The zero-order chi connectivity index (χ0) is 13.7. The average Bonchev–Trinajstić information content (AvgIpc) is 2.46. The van der Waals surface area contributed by atoms with Crippen molar-refractivity contribution in [3.63, 3.8) is 0 Å². The highest BCUT2D eigenvalue weighted by atomic mass is 14.8. The number of aryl methyl sites for hydroxylation is 1. The molecule has 0 aliphatic heterocycles. The molecule has 0 saturated carbocycles. The van der Waals surface area contributed by atoms with Crippen LogP contribution in [0.3, 0.4) is 0 Å². The predicted octanol–water partition coefficient (Wildman–Crippen LogP) is 4.43. The molecule has 96 valence electrons. The average molecular weight is 250 g/mol. The molecule has 0 unspecified atom stereocenters. The maximum Gasteiger partial charge on any atom is 0.0637 e. The third kappa shape index (κ3) is 3.10. The standard InChI is InChI=1S/C17H18N2/c1-4-14-11-16(9-10-17(14)18-3)19-12-15-8-6-5-7-13(15)2/h4-12,18H,1H2,2-3H3/b19-12+. The Balaban J connectivity index is 2.29. The fourth-order valence-corrected chi connectivity index (χ4v) is 1.90. The van der Waals surface area contributed by atoms with Crippen molar-refractivity contribution >= 4 is 23.7 Å². The number of nitrogens with one attached hydrogen (secondary N) is 1. The third-order valence-corrected chi connectivity index (χ3v) is 3.07. The maximum atomic E-state index is 4.52. The normalized spacial score (nSPS) is 10.6. The fraction of sp³-hybridized carbons (Fsp3) is 0.118. The van der Waals surface area contributed by atoms with E-state index in [0.29, 0.717) is 0 Å². The maximum absolute atomic E-state index is 4.52. The van der Waals surface area contributed by atoms with E-state index < -0.39 is 0 Å². The minimum Gasteiger partial charge on any atom is -0.388 e. The second-order valence-electron chi connectivity index (χ2n) is 4.34. The number of hydrogen-bond acceptors (Lipinski definition) is 2. The quantitative estimate of drug-likeness (QED) is 0.797. The van der Waals surface area contributed by atoms with E-state index in [1.807, 2.05) is 49.7 Å². The molecule has 0 aliphatic carbocycles. The van der Waals surface area contributed by atoms with Gasteiger partial charge in [0.25, 0.3) is 0 Å². The SMILES string of the molecule is C=Cc1cc(/N=C/c2ccccc2C)ccc1NC. The van der Waals surface area contributed by atoms with Gasteiger partial charge < -0.3 is 5.32 Å². The molecule has 0 aliphatic rings. The molecule has 2 aromatic rings. The molecule has 0 spiro atoms. The van der Waals surface area contributed by atoms with E-state index in [2.05, 4.69) is 35.9 Å². The van der Waals surface area contributed by atoms with Crippen LogP contribution < -0.4 is 5.32 Å². The summed E-state index contributed by atoms with van der Waals surface area (Å²) in [7, 11) is 1.90. The number of hydrogen-bond donors (Lipinski definition) is 1. The highest BCUT2D eigenvalue weighted by Crippen LogP contribution is 2.23. The fourth-order valence-electron chi connectivity index (χ4n) is 1.90. The van der Waals surface area contributed by atoms with Crippen LogP contribution in [0.5, 0.6) is 0 Å². The summed E-state index contributed by atoms with van der Waals surface area (Å²) in [6.07, 6.45) is 3.73. The highest BCUT2D eigenvalue weighted by molar-refractivity contribution is 5.84. The van der Waals surface area contributed by atoms with Gasteiger partial charge in [-0.1, -0.05) is 36.9 Å². The Bertz CT molecular complexity index is 612. The number of nitrogens with zero attached hydrogens (tertiary/aromatic N) is 1. The van der Waals surface area contributed by atoms with Crippen LogP contribution in [0, 0.1) is 6.92 Å². The van der Waals surface area contributed by atoms with Gasteiger partial charge in [0.05, 0.1) is 5.69 Å². The van der Waals surface area contributed by atoms with Gasteiger partial charge in [-0.2, -0.15) is 0 Å². The molecule has 0 fully saturated rings. The molecule has 0 bridgehead atoms. The van der Waals surface area contributed by atoms with Gasteiger partial charge in [0.1, 0.15) is 0 Å². The number of anilines is 1. The summed E-state index contributed by atoms with van der Waals surface area (Å²) in [4.78, 5) is 4.52. The molecule has 19 heavy (non-hydrogen) atoms. The molecular weight excluding hydrogens is 232 g/mol. The Hall–Kier alpha value is -2.35. The lowest BCUT2D eigenvalue weighted by atomic mass is 10.1. The highest BCUT2D eigenvalue weighted by Gasteiger charge is 1.98. The molecule has 0 amide bonds. The Kier molecular flexibility index (Phi) is 4.14. The largest absolute Gasteiger partial charge is 0.388 e. The summed E-state index contributed by atoms with van der Waals surface area (Å²) in [5.74, 6) is 0. The minimum absolute atomic E-state index is 0.928. The summed E-state index contributed by atoms with van der Waals surface area (Å²) >= 11 is 0. The lowest BCUT2D eigenvalue weighted by Crippen LogP contribution is -1.90. The molecule has 0 aromatic heterocycles. The van der Waals surface area contributed by atoms with Crippen molar-refractivity contribution in [2.24, 2.45) is 4.99 Å². The van der Waals surface area contributed by atoms with E-state index in [-0.39, 0.29) is 0 Å². The Labute approximate surface area is 114 Å². The summed E-state index contributed by atoms with van der Waals surface area (Å²) < 4.78 is 0. The lowest BCUT2D eigenvalue weighted by molar-refractivity contribution is 1.43. The first kappa shape index (κ1) is 13.1. The molecule has 2 nitrogen and oxygen atoms in total. The van der Waals surface area contributed by atoms with Crippen molar-refractivity contribution in [3.05, 3.63) is 65.7 Å². The smallest absolute Gasteiger partial charge is 0.0637 e. The molecule has 0 saturated heterocycles. The second-order valence-corrected chi connectivity index (χ2v) is 4.34. The van der Waals surface area contributed by atoms with Crippen molar-refractivity contribution in [1.29, 1.82) is 0 Å². The van der Waals surface area contributed by atoms with Crippen molar-refractivity contribution in [2.45, 2.75) is 6.92 Å². The minimum atomic E-state index is 0.928. The zero-order valence-electron chi connectivity index (χ0n) is 11.4. The van der Waals surface area contributed by atoms with Crippen molar-refractivity contribution < 1.29 is 0 Å². The second kappa shape index (κ2) is 6.01. The van der Waals surface area contributed by atoms with Gasteiger partial charge in [0, 0.05) is 18.9 Å². The first-order valence-electron chi connectivity index (χ1n) is 6.28. The van der Waals surface area contributed by atoms with E-state index >= 15 is 0 Å². The Morgan fingerprint density at radius 2 is 1.89 bits per heavy atom. The molecule has 2 heteroatoms. The van der Waals surface area contributed by atoms with Gasteiger partial charge in [0.15, 0.2) is 0 Å². The van der Waals surface area contributed by atoms with Crippen LogP contribution in [0.4, 0.5) is 11.4 Å². The van der Waals surface area contributed by atoms with Crippen molar-refractivity contribution in [1.82, 2.24) is 0 Å². The summed E-state index contributed by atoms with van der Waals surface area (Å²) in [6, 6.07) is 14.2. The van der Waals surface area contributed by atoms with E-state index in [1.165, 1.54) is 5.56 Å². The van der Waals surface area contributed by atoms with Crippen LogP contribution in [0.25, 0.3) is 6.08 Å². The number of rotatable bonds is 4. The van der Waals surface area contributed by atoms with Gasteiger partial charge in [-0.15, -0.1) is 0 Å². The first-order valence-corrected chi connectivity index (χ1v) is 6.28. The molecule has 2 rings (SSSR count). The lowest BCUT2D eigenvalue weighted by Gasteiger charge is -2.06. The van der Waals surface area contributed by atoms with Crippen LogP contribution in [0.1, 0.15) is 16.7 Å². The van der Waals surface area contributed by atoms with E-state index in [0.717, 1.165) is 22.5 Å². The van der Waals surface area contributed by atoms with Gasteiger partial charge in [-0.05, 0) is 41.8 Å². The van der Waals surface area contributed by atoms with Gasteiger partial charge in [0.2, 0.25) is 0 Å². The molecule has 1 N–H and O–H groups in total. The summed E-state index contributed by atoms with van der Waals surface area (Å²) in [5.41, 5.74) is 5.41. The molecule has 0 heterocycles. The van der Waals surface area contributed by atoms with E-state index in [4.69, 9.17) is 0 Å². The van der Waals surface area contributed by atoms with Crippen LogP contribution in [-0.2, 0) is 0 Å². The third-order valence-electron chi connectivity index (χ3n) is 3.07. The first-order chi connectivity index (χ1) is 9.24. The molecular formula is C17H18N2. The van der Waals surface area contributed by atoms with Crippen molar-refractivity contribution in [2.75, 3.05) is 12.4 Å². The zero-order valence-corrected chi connectivity index (χ0v) is 11.4. The van der Waals surface area contributed by atoms with Gasteiger partial charge >= 0.3 is 0 Å². The van der Waals surface area contributed by atoms with Crippen LogP contribution in [0.2, 0.25) is 0 Å². The summed E-state index contributed by atoms with van der Waals surface area (Å²) in [6.45, 7) is 5.91. The number of benzene rings is 2. The van der Waals surface area contributed by atoms with Crippen LogP contribution in [-0.4, -0.2) is 13.3 Å². The molecule has 0 radical (unpaired) electrons. The van der Waals surface area contributed by atoms with Crippen molar-refractivity contribution in [3.8, 4) is 0 Å². The van der Waals surface area contributed by atoms with Gasteiger partial charge in [-0.25, -0.2) is 0 Å². The van der Waals surface area contributed by atoms with Crippen LogP contribution >= 0.6 is 0 Å². The topological polar surface area (TPSA) is 24.4 Å². The van der Waals surface area contributed by atoms with E-state index in [9.17, 15) is 0 Å².